The summed E-state index contributed by atoms with van der Waals surface area (Å²) in [5.74, 6) is -2.02. The molecule has 184 valence electrons. The highest BCUT2D eigenvalue weighted by atomic mass is 32.1. The number of hydrogen-bond donors (Lipinski definition) is 2. The molecule has 0 aromatic carbocycles. The third-order valence-corrected chi connectivity index (χ3v) is 7.46. The van der Waals surface area contributed by atoms with Crippen molar-refractivity contribution in [2.75, 3.05) is 13.1 Å². The van der Waals surface area contributed by atoms with Gasteiger partial charge in [-0.05, 0) is 35.2 Å². The van der Waals surface area contributed by atoms with Crippen LogP contribution >= 0.6 is 11.3 Å². The van der Waals surface area contributed by atoms with Crippen molar-refractivity contribution >= 4 is 33.4 Å². The van der Waals surface area contributed by atoms with Gasteiger partial charge in [0.05, 0.1) is 29.5 Å². The second-order valence-corrected chi connectivity index (χ2v) is 10.2. The molecule has 0 saturated carbocycles. The Balaban J connectivity index is 1.24. The fourth-order valence-electron chi connectivity index (χ4n) is 4.80. The van der Waals surface area contributed by atoms with Crippen LogP contribution < -0.4 is 0 Å². The summed E-state index contributed by atoms with van der Waals surface area (Å²) >= 11 is 1.64. The van der Waals surface area contributed by atoms with Gasteiger partial charge in [0.15, 0.2) is 11.5 Å². The molecule has 0 aliphatic carbocycles. The van der Waals surface area contributed by atoms with E-state index in [1.54, 1.807) is 34.8 Å². The molecule has 1 aliphatic heterocycles. The molecular formula is C26H20F2N8S. The van der Waals surface area contributed by atoms with Crippen LogP contribution in [0.5, 0.6) is 0 Å². The minimum Gasteiger partial charge on any atom is -0.335 e. The molecule has 0 amide bonds. The standard InChI is InChI=1S/C26H20F2N8S/c27-26(28)5-6-36(14-26)13-15-8-16(10-29-9-15)18-3-4-19-23(31-18)24(35-34-19)25-32-20-12-30-11-17(22(20)33-25)21-2-1-7-37-21/h1-4,7-12H,5-6,13-14H2,(H,32,33)(H,34,35). The van der Waals surface area contributed by atoms with E-state index in [2.05, 4.69) is 25.1 Å². The van der Waals surface area contributed by atoms with Gasteiger partial charge in [-0.1, -0.05) is 6.07 Å². The number of likely N-dealkylation sites (tertiary alicyclic amines) is 1. The topological polar surface area (TPSA) is 99.3 Å². The zero-order chi connectivity index (χ0) is 25.0. The molecule has 1 saturated heterocycles. The Morgan fingerprint density at radius 2 is 1.92 bits per heavy atom. The number of aromatic nitrogens is 7. The first kappa shape index (κ1) is 22.1. The second kappa shape index (κ2) is 8.49. The summed E-state index contributed by atoms with van der Waals surface area (Å²) in [6, 6.07) is 9.82. The summed E-state index contributed by atoms with van der Waals surface area (Å²) in [7, 11) is 0. The van der Waals surface area contributed by atoms with Crippen LogP contribution in [-0.2, 0) is 6.54 Å². The number of pyridine rings is 3. The number of H-pyrrole nitrogens is 2. The SMILES string of the molecule is FC1(F)CCN(Cc2cncc(-c3ccc4[nH]nc(-c5nc6c(-c7cccs7)cncc6[nH]5)c4n3)c2)C1. The van der Waals surface area contributed by atoms with Crippen molar-refractivity contribution in [2.24, 2.45) is 0 Å². The normalized spacial score (nSPS) is 15.7. The zero-order valence-electron chi connectivity index (χ0n) is 19.4. The van der Waals surface area contributed by atoms with E-state index in [0.29, 0.717) is 35.8 Å². The lowest BCUT2D eigenvalue weighted by Crippen LogP contribution is -2.24. The summed E-state index contributed by atoms with van der Waals surface area (Å²) in [6.45, 7) is 0.581. The van der Waals surface area contributed by atoms with Crippen LogP contribution in [0.3, 0.4) is 0 Å². The Morgan fingerprint density at radius 3 is 2.76 bits per heavy atom. The van der Waals surface area contributed by atoms with Crippen molar-refractivity contribution < 1.29 is 8.78 Å². The molecule has 6 aromatic rings. The number of hydrogen-bond acceptors (Lipinski definition) is 7. The molecule has 2 N–H and O–H groups in total. The van der Waals surface area contributed by atoms with Crippen LogP contribution in [0.2, 0.25) is 0 Å². The molecule has 1 fully saturated rings. The third kappa shape index (κ3) is 4.05. The lowest BCUT2D eigenvalue weighted by atomic mass is 10.1. The Morgan fingerprint density at radius 1 is 1.00 bits per heavy atom. The molecule has 7 heterocycles. The Kier molecular flexibility index (Phi) is 5.08. The zero-order valence-corrected chi connectivity index (χ0v) is 20.3. The van der Waals surface area contributed by atoms with E-state index >= 15 is 0 Å². The van der Waals surface area contributed by atoms with Gasteiger partial charge in [-0.2, -0.15) is 5.10 Å². The van der Waals surface area contributed by atoms with E-state index in [1.807, 2.05) is 41.9 Å². The molecule has 0 bridgehead atoms. The van der Waals surface area contributed by atoms with Crippen LogP contribution in [0.1, 0.15) is 12.0 Å². The van der Waals surface area contributed by atoms with Gasteiger partial charge in [0.1, 0.15) is 11.0 Å². The molecule has 11 heteroatoms. The molecule has 1 aliphatic rings. The van der Waals surface area contributed by atoms with Crippen LogP contribution in [-0.4, -0.2) is 59.0 Å². The van der Waals surface area contributed by atoms with Crippen molar-refractivity contribution in [3.63, 3.8) is 0 Å². The highest BCUT2D eigenvalue weighted by Gasteiger charge is 2.37. The maximum atomic E-state index is 13.6. The van der Waals surface area contributed by atoms with E-state index in [1.165, 1.54) is 0 Å². The number of alkyl halides is 2. The maximum absolute atomic E-state index is 13.6. The molecular weight excluding hydrogens is 494 g/mol. The molecule has 0 unspecified atom stereocenters. The van der Waals surface area contributed by atoms with E-state index in [0.717, 1.165) is 38.1 Å². The number of imidazole rings is 1. The highest BCUT2D eigenvalue weighted by Crippen LogP contribution is 2.33. The van der Waals surface area contributed by atoms with Crippen molar-refractivity contribution in [2.45, 2.75) is 18.9 Å². The predicted octanol–water partition coefficient (Wildman–Crippen LogP) is 5.53. The average molecular weight is 515 g/mol. The highest BCUT2D eigenvalue weighted by molar-refractivity contribution is 7.13. The van der Waals surface area contributed by atoms with Crippen molar-refractivity contribution in [1.82, 2.24) is 40.0 Å². The lowest BCUT2D eigenvalue weighted by molar-refractivity contribution is 0.0115. The van der Waals surface area contributed by atoms with E-state index in [-0.39, 0.29) is 13.0 Å². The third-order valence-electron chi connectivity index (χ3n) is 6.56. The van der Waals surface area contributed by atoms with Gasteiger partial charge in [0, 0.05) is 54.1 Å². The summed E-state index contributed by atoms with van der Waals surface area (Å²) < 4.78 is 27.2. The van der Waals surface area contributed by atoms with E-state index in [9.17, 15) is 8.78 Å². The minimum absolute atomic E-state index is 0.103. The van der Waals surface area contributed by atoms with Gasteiger partial charge < -0.3 is 4.98 Å². The number of halogens is 2. The van der Waals surface area contributed by atoms with Gasteiger partial charge in [-0.15, -0.1) is 11.3 Å². The number of rotatable bonds is 5. The van der Waals surface area contributed by atoms with Crippen molar-refractivity contribution in [3.8, 4) is 33.2 Å². The molecule has 7 rings (SSSR count). The lowest BCUT2D eigenvalue weighted by Gasteiger charge is -2.15. The van der Waals surface area contributed by atoms with E-state index < -0.39 is 5.92 Å². The van der Waals surface area contributed by atoms with Gasteiger partial charge in [0.25, 0.3) is 5.92 Å². The van der Waals surface area contributed by atoms with Gasteiger partial charge in [-0.3, -0.25) is 20.0 Å². The van der Waals surface area contributed by atoms with Gasteiger partial charge in [-0.25, -0.2) is 18.7 Å². The van der Waals surface area contributed by atoms with Crippen LogP contribution in [0.15, 0.2) is 60.5 Å². The smallest absolute Gasteiger partial charge is 0.261 e. The Labute approximate surface area is 213 Å². The molecule has 37 heavy (non-hydrogen) atoms. The first-order valence-electron chi connectivity index (χ1n) is 11.8. The van der Waals surface area contributed by atoms with Crippen molar-refractivity contribution in [3.05, 3.63) is 66.1 Å². The largest absolute Gasteiger partial charge is 0.335 e. The summed E-state index contributed by atoms with van der Waals surface area (Å²) in [4.78, 5) is 24.6. The first-order valence-corrected chi connectivity index (χ1v) is 12.7. The fourth-order valence-corrected chi connectivity index (χ4v) is 5.53. The first-order chi connectivity index (χ1) is 18.0. The summed E-state index contributed by atoms with van der Waals surface area (Å²) in [6.07, 6.45) is 6.92. The fraction of sp³-hybridized carbons (Fsp3) is 0.192. The summed E-state index contributed by atoms with van der Waals surface area (Å²) in [5, 5.41) is 9.56. The number of thiophene rings is 1. The number of nitrogens with one attached hydrogen (secondary N) is 2. The van der Waals surface area contributed by atoms with Crippen molar-refractivity contribution in [1.29, 1.82) is 0 Å². The number of fused-ring (bicyclic) bond motifs is 2. The molecule has 0 radical (unpaired) electrons. The van der Waals surface area contributed by atoms with Gasteiger partial charge >= 0.3 is 0 Å². The van der Waals surface area contributed by atoms with Gasteiger partial charge in [0.2, 0.25) is 0 Å². The molecule has 6 aromatic heterocycles. The average Bonchev–Trinajstić information content (AvgIpc) is 3.69. The minimum atomic E-state index is -2.62. The summed E-state index contributed by atoms with van der Waals surface area (Å²) in [5.41, 5.74) is 7.05. The monoisotopic (exact) mass is 514 g/mol. The Bertz CT molecular complexity index is 1740. The molecule has 0 atom stereocenters. The predicted molar refractivity (Wildman–Crippen MR) is 138 cm³/mol. The molecule has 0 spiro atoms. The Hall–Kier alpha value is -4.09. The van der Waals surface area contributed by atoms with Crippen LogP contribution in [0, 0.1) is 0 Å². The second-order valence-electron chi connectivity index (χ2n) is 9.21. The number of aromatic amines is 2. The molecule has 8 nitrogen and oxygen atoms in total. The van der Waals surface area contributed by atoms with Crippen LogP contribution in [0.25, 0.3) is 55.3 Å². The van der Waals surface area contributed by atoms with Crippen LogP contribution in [0.4, 0.5) is 8.78 Å². The quantitative estimate of drug-likeness (QED) is 0.314. The number of nitrogens with zero attached hydrogens (tertiary/aromatic N) is 6. The maximum Gasteiger partial charge on any atom is 0.261 e. The van der Waals surface area contributed by atoms with E-state index in [4.69, 9.17) is 9.97 Å².